The van der Waals surface area contributed by atoms with Crippen molar-refractivity contribution in [1.82, 2.24) is 0 Å². The summed E-state index contributed by atoms with van der Waals surface area (Å²) in [7, 11) is 0. The van der Waals surface area contributed by atoms with Gasteiger partial charge in [0.2, 0.25) is 0 Å². The van der Waals surface area contributed by atoms with Crippen molar-refractivity contribution in [3.63, 3.8) is 0 Å². The smallest absolute Gasteiger partial charge is 0.303 e. The number of carboxylic acids is 1. The van der Waals surface area contributed by atoms with Gasteiger partial charge in [-0.25, -0.2) is 0 Å². The number of rotatable bonds is 3. The Labute approximate surface area is 43.2 Å². The quantitative estimate of drug-likeness (QED) is 0.581. The van der Waals surface area contributed by atoms with Gasteiger partial charge in [-0.15, -0.1) is 0 Å². The van der Waals surface area contributed by atoms with Crippen LogP contribution in [0.1, 0.15) is 26.2 Å². The maximum absolute atomic E-state index is 9.76. The van der Waals surface area contributed by atoms with Gasteiger partial charge < -0.3 is 5.11 Å². The Hall–Kier alpha value is -0.530. The minimum atomic E-state index is -0.693. The van der Waals surface area contributed by atoms with Crippen molar-refractivity contribution in [3.05, 3.63) is 0 Å². The van der Waals surface area contributed by atoms with E-state index in [9.17, 15) is 4.79 Å². The summed E-state index contributed by atoms with van der Waals surface area (Å²) in [5.41, 5.74) is 0. The topological polar surface area (TPSA) is 37.3 Å². The lowest BCUT2D eigenvalue weighted by Gasteiger charge is -1.85. The van der Waals surface area contributed by atoms with Crippen LogP contribution in [0.4, 0.5) is 0 Å². The first-order valence-electron chi connectivity index (χ1n) is 2.49. The molecule has 1 N–H and O–H groups in total. The number of aliphatic carboxylic acids is 1. The lowest BCUT2D eigenvalue weighted by atomic mass is 10.1. The van der Waals surface area contributed by atoms with Crippen LogP contribution in [-0.4, -0.2) is 11.1 Å². The van der Waals surface area contributed by atoms with E-state index in [1.165, 1.54) is 0 Å². The Morgan fingerprint density at radius 1 is 1.71 bits per heavy atom. The summed E-state index contributed by atoms with van der Waals surface area (Å²) in [5.74, 6) is -0.693. The van der Waals surface area contributed by atoms with Crippen molar-refractivity contribution in [1.29, 1.82) is 0 Å². The van der Waals surface area contributed by atoms with Crippen LogP contribution >= 0.6 is 0 Å². The molecule has 0 aliphatic rings. The molecule has 0 fully saturated rings. The van der Waals surface area contributed by atoms with E-state index in [0.29, 0.717) is 6.42 Å². The van der Waals surface area contributed by atoms with Crippen LogP contribution in [-0.2, 0) is 4.79 Å². The highest BCUT2D eigenvalue weighted by molar-refractivity contribution is 5.66. The maximum atomic E-state index is 9.76. The van der Waals surface area contributed by atoms with Crippen LogP contribution in [0, 0.1) is 0 Å². The van der Waals surface area contributed by atoms with E-state index in [2.05, 4.69) is 0 Å². The van der Waals surface area contributed by atoms with Gasteiger partial charge in [0.05, 0.1) is 0 Å². The van der Waals surface area contributed by atoms with E-state index in [0.717, 1.165) is 12.8 Å². The lowest BCUT2D eigenvalue weighted by Crippen LogP contribution is -1.91. The SMILES string of the molecule is [11CH3]CCCC(=O)O. The molecular formula is C5H10O2. The maximum Gasteiger partial charge on any atom is 0.303 e. The normalized spacial score (nSPS) is 8.71. The molecule has 0 saturated carbocycles. The van der Waals surface area contributed by atoms with E-state index in [1.54, 1.807) is 0 Å². The van der Waals surface area contributed by atoms with E-state index in [4.69, 9.17) is 5.11 Å². The molecule has 0 heterocycles. The largest absolute Gasteiger partial charge is 0.481 e. The summed E-state index contributed by atoms with van der Waals surface area (Å²) in [4.78, 5) is 9.76. The highest BCUT2D eigenvalue weighted by atomic mass is 16.4. The van der Waals surface area contributed by atoms with Crippen molar-refractivity contribution < 1.29 is 9.90 Å². The minimum absolute atomic E-state index is 0.316. The monoisotopic (exact) mass is 101 g/mol. The first kappa shape index (κ1) is 6.47. The second-order valence-electron chi connectivity index (χ2n) is 1.50. The van der Waals surface area contributed by atoms with Crippen molar-refractivity contribution in [3.8, 4) is 0 Å². The third kappa shape index (κ3) is 5.47. The number of carboxylic acid groups (broad SMARTS) is 1. The molecule has 0 spiro atoms. The fraction of sp³-hybridized carbons (Fsp3) is 0.800. The van der Waals surface area contributed by atoms with Crippen molar-refractivity contribution in [2.24, 2.45) is 0 Å². The molecule has 2 heteroatoms. The van der Waals surface area contributed by atoms with Gasteiger partial charge in [-0.1, -0.05) is 13.3 Å². The Kier molecular flexibility index (Phi) is 3.38. The van der Waals surface area contributed by atoms with Crippen LogP contribution in [0.2, 0.25) is 0 Å². The molecule has 0 radical (unpaired) electrons. The van der Waals surface area contributed by atoms with Crippen LogP contribution in [0.25, 0.3) is 0 Å². The molecule has 0 aromatic carbocycles. The van der Waals surface area contributed by atoms with Crippen molar-refractivity contribution >= 4 is 5.97 Å². The molecule has 0 bridgehead atoms. The zero-order valence-electron chi connectivity index (χ0n) is 4.48. The van der Waals surface area contributed by atoms with Gasteiger partial charge in [0.25, 0.3) is 0 Å². The molecule has 0 rings (SSSR count). The second-order valence-corrected chi connectivity index (χ2v) is 1.50. The predicted octanol–water partition coefficient (Wildman–Crippen LogP) is 1.26. The first-order chi connectivity index (χ1) is 3.27. The molecule has 42 valence electrons. The Morgan fingerprint density at radius 3 is 2.43 bits per heavy atom. The van der Waals surface area contributed by atoms with E-state index >= 15 is 0 Å². The summed E-state index contributed by atoms with van der Waals surface area (Å²) < 4.78 is 0. The van der Waals surface area contributed by atoms with Gasteiger partial charge in [0.15, 0.2) is 0 Å². The van der Waals surface area contributed by atoms with Crippen LogP contribution in [0.3, 0.4) is 0 Å². The molecule has 0 aromatic rings. The molecule has 0 aliphatic heterocycles. The number of hydrogen-bond acceptors (Lipinski definition) is 1. The van der Waals surface area contributed by atoms with Crippen LogP contribution < -0.4 is 0 Å². The number of carbonyl (C=O) groups is 1. The molecule has 0 aliphatic carbocycles. The molecule has 0 atom stereocenters. The van der Waals surface area contributed by atoms with Gasteiger partial charge in [0, 0.05) is 6.42 Å². The molecule has 0 unspecified atom stereocenters. The first-order valence-corrected chi connectivity index (χ1v) is 2.49. The summed E-state index contributed by atoms with van der Waals surface area (Å²) in [5, 5.41) is 8.04. The fourth-order valence-corrected chi connectivity index (χ4v) is 0.328. The minimum Gasteiger partial charge on any atom is -0.481 e. The average molecular weight is 101 g/mol. The zero-order chi connectivity index (χ0) is 5.70. The van der Waals surface area contributed by atoms with Gasteiger partial charge >= 0.3 is 5.97 Å². The number of unbranched alkanes of at least 4 members (excludes halogenated alkanes) is 1. The highest BCUT2D eigenvalue weighted by Crippen LogP contribution is 1.91. The van der Waals surface area contributed by atoms with E-state index < -0.39 is 5.97 Å². The van der Waals surface area contributed by atoms with Crippen molar-refractivity contribution in [2.75, 3.05) is 0 Å². The van der Waals surface area contributed by atoms with Gasteiger partial charge in [0.1, 0.15) is 0 Å². The zero-order valence-corrected chi connectivity index (χ0v) is 4.48. The highest BCUT2D eigenvalue weighted by Gasteiger charge is 1.90. The van der Waals surface area contributed by atoms with Crippen molar-refractivity contribution in [2.45, 2.75) is 26.2 Å². The van der Waals surface area contributed by atoms with Crippen LogP contribution in [0.5, 0.6) is 0 Å². The summed E-state index contributed by atoms with van der Waals surface area (Å²) in [6.45, 7) is 1.98. The summed E-state index contributed by atoms with van der Waals surface area (Å²) >= 11 is 0. The van der Waals surface area contributed by atoms with Crippen LogP contribution in [0.15, 0.2) is 0 Å². The average Bonchev–Trinajstić information content (AvgIpc) is 1.61. The summed E-state index contributed by atoms with van der Waals surface area (Å²) in [6, 6.07) is 0. The van der Waals surface area contributed by atoms with Gasteiger partial charge in [-0.3, -0.25) is 4.79 Å². The lowest BCUT2D eigenvalue weighted by molar-refractivity contribution is -0.137. The molecule has 0 amide bonds. The van der Waals surface area contributed by atoms with Gasteiger partial charge in [-0.2, -0.15) is 0 Å². The molecule has 7 heavy (non-hydrogen) atoms. The molecular weight excluding hydrogens is 91.1 g/mol. The Balaban J connectivity index is 2.82. The molecule has 2 nitrogen and oxygen atoms in total. The van der Waals surface area contributed by atoms with Gasteiger partial charge in [-0.05, 0) is 6.42 Å². The van der Waals surface area contributed by atoms with E-state index in [-0.39, 0.29) is 0 Å². The summed E-state index contributed by atoms with van der Waals surface area (Å²) in [6.07, 6.45) is 2.08. The molecule has 0 saturated heterocycles. The molecule has 0 aromatic heterocycles. The number of hydrogen-bond donors (Lipinski definition) is 1. The second kappa shape index (κ2) is 3.65. The van der Waals surface area contributed by atoms with E-state index in [1.807, 2.05) is 6.92 Å². The fourth-order valence-electron chi connectivity index (χ4n) is 0.328. The third-order valence-electron chi connectivity index (χ3n) is 0.744. The third-order valence-corrected chi connectivity index (χ3v) is 0.744. The Morgan fingerprint density at radius 2 is 2.29 bits per heavy atom. The standard InChI is InChI=1S/C5H10O2/c1-2-3-4-5(6)7/h2-4H2,1H3,(H,6,7)/i1-1. The Bertz CT molecular complexity index is 59.1. The predicted molar refractivity (Wildman–Crippen MR) is 27.2 cm³/mol.